The Morgan fingerprint density at radius 2 is 2.09 bits per heavy atom. The third-order valence-electron chi connectivity index (χ3n) is 1.19. The highest BCUT2D eigenvalue weighted by atomic mass is 32.1. The summed E-state index contributed by atoms with van der Waals surface area (Å²) in [6.45, 7) is 0. The number of thiol groups is 1. The van der Waals surface area contributed by atoms with Crippen LogP contribution in [0.5, 0.6) is 0 Å². The Kier molecular flexibility index (Phi) is 1.87. The van der Waals surface area contributed by atoms with Gasteiger partial charge in [-0.1, -0.05) is 0 Å². The lowest BCUT2D eigenvalue weighted by Crippen LogP contribution is -2.12. The van der Waals surface area contributed by atoms with Gasteiger partial charge in [-0.25, -0.2) is 0 Å². The molecule has 0 saturated carbocycles. The number of hydrogen-bond acceptors (Lipinski definition) is 2. The molecule has 0 amide bonds. The first kappa shape index (κ1) is 8.45. The van der Waals surface area contributed by atoms with Crippen molar-refractivity contribution < 1.29 is 13.2 Å². The average molecular weight is 182 g/mol. The monoisotopic (exact) mass is 182 g/mol. The second kappa shape index (κ2) is 2.44. The molecule has 1 aromatic rings. The van der Waals surface area contributed by atoms with E-state index < -0.39 is 11.9 Å². The van der Waals surface area contributed by atoms with Crippen molar-refractivity contribution in [3.8, 4) is 0 Å². The number of alkyl halides is 3. The maximum absolute atomic E-state index is 12.0. The van der Waals surface area contributed by atoms with Crippen molar-refractivity contribution in [1.29, 1.82) is 0 Å². The van der Waals surface area contributed by atoms with Crippen LogP contribution in [0.4, 0.5) is 13.2 Å². The summed E-state index contributed by atoms with van der Waals surface area (Å²) in [4.78, 5) is -0.153. The summed E-state index contributed by atoms with van der Waals surface area (Å²) in [6, 6.07) is 0. The summed E-state index contributed by atoms with van der Waals surface area (Å²) in [5.74, 6) is 0. The topological polar surface area (TPSA) is 17.8 Å². The van der Waals surface area contributed by atoms with Crippen molar-refractivity contribution in [3.63, 3.8) is 0 Å². The molecule has 0 aliphatic carbocycles. The maximum atomic E-state index is 12.0. The third kappa shape index (κ3) is 1.50. The second-order valence-corrected chi connectivity index (χ2v) is 2.48. The SMILES string of the molecule is Cn1ncc(S)c1C(F)(F)F. The van der Waals surface area contributed by atoms with Gasteiger partial charge in [-0.3, -0.25) is 4.68 Å². The van der Waals surface area contributed by atoms with Gasteiger partial charge in [-0.05, 0) is 0 Å². The number of aromatic nitrogens is 2. The predicted molar refractivity (Wildman–Crippen MR) is 35.5 cm³/mol. The molecule has 0 unspecified atom stereocenters. The Morgan fingerprint density at radius 3 is 2.27 bits per heavy atom. The molecule has 0 bridgehead atoms. The first-order valence-electron chi connectivity index (χ1n) is 2.71. The van der Waals surface area contributed by atoms with E-state index in [4.69, 9.17) is 0 Å². The fourth-order valence-corrected chi connectivity index (χ4v) is 1.08. The minimum absolute atomic E-state index is 0.153. The Hall–Kier alpha value is -0.650. The van der Waals surface area contributed by atoms with Crippen LogP contribution in [0, 0.1) is 0 Å². The molecule has 0 fully saturated rings. The van der Waals surface area contributed by atoms with Crippen LogP contribution < -0.4 is 0 Å². The zero-order chi connectivity index (χ0) is 8.65. The highest BCUT2D eigenvalue weighted by molar-refractivity contribution is 7.80. The average Bonchev–Trinajstić information content (AvgIpc) is 2.08. The Balaban J connectivity index is 3.21. The van der Waals surface area contributed by atoms with Gasteiger partial charge in [-0.2, -0.15) is 18.3 Å². The fourth-order valence-electron chi connectivity index (χ4n) is 0.755. The smallest absolute Gasteiger partial charge is 0.263 e. The zero-order valence-corrected chi connectivity index (χ0v) is 6.45. The van der Waals surface area contributed by atoms with E-state index in [1.54, 1.807) is 0 Å². The van der Waals surface area contributed by atoms with Gasteiger partial charge < -0.3 is 0 Å². The van der Waals surface area contributed by atoms with E-state index in [2.05, 4.69) is 17.7 Å². The van der Waals surface area contributed by atoms with Gasteiger partial charge in [0, 0.05) is 7.05 Å². The standard InChI is InChI=1S/C5H5F3N2S/c1-10-4(5(6,7)8)3(11)2-9-10/h2,11H,1H3. The lowest BCUT2D eigenvalue weighted by Gasteiger charge is -2.06. The third-order valence-corrected chi connectivity index (χ3v) is 1.52. The van der Waals surface area contributed by atoms with Crippen LogP contribution in [0.25, 0.3) is 0 Å². The molecule has 1 aromatic heterocycles. The number of hydrogen-bond donors (Lipinski definition) is 1. The largest absolute Gasteiger partial charge is 0.434 e. The summed E-state index contributed by atoms with van der Waals surface area (Å²) in [6.07, 6.45) is -3.31. The molecule has 0 aliphatic rings. The molecule has 0 saturated heterocycles. The molecule has 0 spiro atoms. The van der Waals surface area contributed by atoms with Crippen LogP contribution in [0.2, 0.25) is 0 Å². The van der Waals surface area contributed by atoms with Gasteiger partial charge in [0.2, 0.25) is 0 Å². The van der Waals surface area contributed by atoms with E-state index in [1.165, 1.54) is 7.05 Å². The Morgan fingerprint density at radius 1 is 1.55 bits per heavy atom. The van der Waals surface area contributed by atoms with Crippen molar-refractivity contribution in [2.45, 2.75) is 11.1 Å². The van der Waals surface area contributed by atoms with E-state index in [-0.39, 0.29) is 4.90 Å². The summed E-state index contributed by atoms with van der Waals surface area (Å²) < 4.78 is 36.9. The van der Waals surface area contributed by atoms with Crippen LogP contribution in [0.1, 0.15) is 5.69 Å². The number of nitrogens with zero attached hydrogens (tertiary/aromatic N) is 2. The summed E-state index contributed by atoms with van der Waals surface area (Å²) >= 11 is 3.61. The maximum Gasteiger partial charge on any atom is 0.434 e. The Labute approximate surface area is 66.4 Å². The van der Waals surface area contributed by atoms with Crippen LogP contribution in [0.3, 0.4) is 0 Å². The van der Waals surface area contributed by atoms with Crippen LogP contribution in [-0.2, 0) is 13.2 Å². The molecule has 6 heteroatoms. The normalized spacial score (nSPS) is 12.1. The molecule has 0 atom stereocenters. The zero-order valence-electron chi connectivity index (χ0n) is 5.55. The Bertz CT molecular complexity index is 246. The number of halogens is 3. The number of aryl methyl sites for hydroxylation is 1. The quantitative estimate of drug-likeness (QED) is 0.605. The van der Waals surface area contributed by atoms with Gasteiger partial charge in [0.25, 0.3) is 0 Å². The lowest BCUT2D eigenvalue weighted by atomic mass is 10.4. The van der Waals surface area contributed by atoms with E-state index in [1.807, 2.05) is 0 Å². The first-order valence-corrected chi connectivity index (χ1v) is 3.16. The van der Waals surface area contributed by atoms with E-state index in [0.29, 0.717) is 0 Å². The van der Waals surface area contributed by atoms with E-state index in [9.17, 15) is 13.2 Å². The van der Waals surface area contributed by atoms with Crippen molar-refractivity contribution in [1.82, 2.24) is 9.78 Å². The molecule has 1 rings (SSSR count). The molecule has 0 radical (unpaired) electrons. The van der Waals surface area contributed by atoms with Crippen molar-refractivity contribution in [2.75, 3.05) is 0 Å². The van der Waals surface area contributed by atoms with Gasteiger partial charge >= 0.3 is 6.18 Å². The molecule has 1 heterocycles. The van der Waals surface area contributed by atoms with Gasteiger partial charge in [0.05, 0.1) is 11.1 Å². The van der Waals surface area contributed by atoms with Crippen LogP contribution >= 0.6 is 12.6 Å². The second-order valence-electron chi connectivity index (χ2n) is 2.00. The highest BCUT2D eigenvalue weighted by Crippen LogP contribution is 2.32. The van der Waals surface area contributed by atoms with Crippen molar-refractivity contribution in [2.24, 2.45) is 7.05 Å². The van der Waals surface area contributed by atoms with E-state index >= 15 is 0 Å². The fraction of sp³-hybridized carbons (Fsp3) is 0.400. The van der Waals surface area contributed by atoms with Crippen LogP contribution in [0.15, 0.2) is 11.1 Å². The highest BCUT2D eigenvalue weighted by Gasteiger charge is 2.36. The molecular weight excluding hydrogens is 177 g/mol. The van der Waals surface area contributed by atoms with Crippen molar-refractivity contribution >= 4 is 12.6 Å². The summed E-state index contributed by atoms with van der Waals surface area (Å²) in [5, 5.41) is 3.40. The summed E-state index contributed by atoms with van der Waals surface area (Å²) in [7, 11) is 1.22. The molecule has 0 N–H and O–H groups in total. The van der Waals surface area contributed by atoms with Gasteiger partial charge in [-0.15, -0.1) is 12.6 Å². The molecule has 2 nitrogen and oxygen atoms in total. The van der Waals surface area contributed by atoms with Gasteiger partial charge in [0.15, 0.2) is 5.69 Å². The van der Waals surface area contributed by atoms with Gasteiger partial charge in [0.1, 0.15) is 0 Å². The molecule has 0 aliphatic heterocycles. The molecule has 62 valence electrons. The minimum Gasteiger partial charge on any atom is -0.263 e. The minimum atomic E-state index is -4.37. The number of rotatable bonds is 0. The summed E-state index contributed by atoms with van der Waals surface area (Å²) in [5.41, 5.74) is -0.819. The molecular formula is C5H5F3N2S. The lowest BCUT2D eigenvalue weighted by molar-refractivity contribution is -0.145. The van der Waals surface area contributed by atoms with Crippen LogP contribution in [-0.4, -0.2) is 9.78 Å². The molecule has 11 heavy (non-hydrogen) atoms. The van der Waals surface area contributed by atoms with E-state index in [0.717, 1.165) is 10.9 Å². The van der Waals surface area contributed by atoms with Crippen molar-refractivity contribution in [3.05, 3.63) is 11.9 Å². The molecule has 0 aromatic carbocycles. The predicted octanol–water partition coefficient (Wildman–Crippen LogP) is 1.73. The first-order chi connectivity index (χ1) is 4.93.